The Bertz CT molecular complexity index is 1200. The van der Waals surface area contributed by atoms with E-state index in [1.54, 1.807) is 16.8 Å². The molecule has 1 aliphatic carbocycles. The Morgan fingerprint density at radius 2 is 1.93 bits per heavy atom. The highest BCUT2D eigenvalue weighted by Crippen LogP contribution is 2.30. The Labute approximate surface area is 172 Å². The number of benzene rings is 1. The molecule has 0 unspecified atom stereocenters. The van der Waals surface area contributed by atoms with E-state index in [0.29, 0.717) is 23.1 Å². The first-order chi connectivity index (χ1) is 14.5. The van der Waals surface area contributed by atoms with E-state index in [2.05, 4.69) is 26.4 Å². The van der Waals surface area contributed by atoms with Gasteiger partial charge >= 0.3 is 6.03 Å². The average Bonchev–Trinajstić information content (AvgIpc) is 3.34. The van der Waals surface area contributed by atoms with Gasteiger partial charge in [-0.15, -0.1) is 0 Å². The second kappa shape index (κ2) is 6.87. The summed E-state index contributed by atoms with van der Waals surface area (Å²) in [6, 6.07) is 7.94. The standard InChI is InChI=1S/C21H21N7O2/c1-11-4-3-5-12(2)18(11)25-16-9-17(23-14-6-7-14)28-19(26-16)13(10-22-28)8-15-20(29)27-21(30)24-15/h3-5,8-10,14,23H,6-7H2,1-2H3,(H,25,26)(H2,24,27,29,30)/b15-8-. The van der Waals surface area contributed by atoms with Gasteiger partial charge in [-0.25, -0.2) is 9.78 Å². The Balaban J connectivity index is 1.60. The molecule has 0 radical (unpaired) electrons. The molecule has 2 aliphatic rings. The summed E-state index contributed by atoms with van der Waals surface area (Å²) in [7, 11) is 0. The molecule has 1 saturated carbocycles. The van der Waals surface area contributed by atoms with Gasteiger partial charge in [-0.2, -0.15) is 9.61 Å². The summed E-state index contributed by atoms with van der Waals surface area (Å²) >= 11 is 0. The predicted octanol–water partition coefficient (Wildman–Crippen LogP) is 2.84. The van der Waals surface area contributed by atoms with Crippen LogP contribution in [0.4, 0.5) is 22.1 Å². The number of carbonyl (C=O) groups is 2. The smallest absolute Gasteiger partial charge is 0.326 e. The number of urea groups is 1. The van der Waals surface area contributed by atoms with Crippen LogP contribution in [0.25, 0.3) is 11.7 Å². The molecule has 9 heteroatoms. The molecule has 9 nitrogen and oxygen atoms in total. The molecule has 5 rings (SSSR count). The van der Waals surface area contributed by atoms with Crippen molar-refractivity contribution >= 4 is 41.0 Å². The maximum atomic E-state index is 11.9. The van der Waals surface area contributed by atoms with E-state index in [-0.39, 0.29) is 5.70 Å². The molecule has 30 heavy (non-hydrogen) atoms. The van der Waals surface area contributed by atoms with Gasteiger partial charge in [-0.3, -0.25) is 10.1 Å². The number of anilines is 3. The number of rotatable bonds is 5. The summed E-state index contributed by atoms with van der Waals surface area (Å²) in [4.78, 5) is 28.1. The quantitative estimate of drug-likeness (QED) is 0.385. The van der Waals surface area contributed by atoms with Crippen LogP contribution in [0.15, 0.2) is 36.2 Å². The number of aryl methyl sites for hydroxylation is 2. The van der Waals surface area contributed by atoms with Crippen LogP contribution < -0.4 is 21.3 Å². The maximum Gasteiger partial charge on any atom is 0.326 e. The molecule has 1 saturated heterocycles. The van der Waals surface area contributed by atoms with Crippen molar-refractivity contribution in [2.24, 2.45) is 0 Å². The van der Waals surface area contributed by atoms with Gasteiger partial charge in [-0.1, -0.05) is 18.2 Å². The van der Waals surface area contributed by atoms with Crippen LogP contribution in [0.3, 0.4) is 0 Å². The molecule has 2 fully saturated rings. The molecule has 2 aromatic heterocycles. The number of nitrogens with one attached hydrogen (secondary N) is 4. The Morgan fingerprint density at radius 1 is 1.17 bits per heavy atom. The van der Waals surface area contributed by atoms with Gasteiger partial charge in [-0.05, 0) is 43.9 Å². The topological polar surface area (TPSA) is 112 Å². The third-order valence-electron chi connectivity index (χ3n) is 5.18. The number of hydrogen-bond acceptors (Lipinski definition) is 6. The van der Waals surface area contributed by atoms with Crippen LogP contribution in [0.5, 0.6) is 0 Å². The van der Waals surface area contributed by atoms with Crippen LogP contribution in [-0.2, 0) is 4.79 Å². The molecule has 1 aliphatic heterocycles. The fraction of sp³-hybridized carbons (Fsp3) is 0.238. The van der Waals surface area contributed by atoms with Crippen molar-refractivity contribution in [1.29, 1.82) is 0 Å². The number of imide groups is 1. The number of para-hydroxylation sites is 1. The van der Waals surface area contributed by atoms with Gasteiger partial charge in [0.2, 0.25) is 0 Å². The minimum absolute atomic E-state index is 0.168. The van der Waals surface area contributed by atoms with Gasteiger partial charge in [0, 0.05) is 23.4 Å². The fourth-order valence-electron chi connectivity index (χ4n) is 3.46. The fourth-order valence-corrected chi connectivity index (χ4v) is 3.46. The van der Waals surface area contributed by atoms with Crippen LogP contribution in [0, 0.1) is 13.8 Å². The van der Waals surface area contributed by atoms with Crippen molar-refractivity contribution < 1.29 is 9.59 Å². The van der Waals surface area contributed by atoms with Crippen LogP contribution in [0.2, 0.25) is 0 Å². The summed E-state index contributed by atoms with van der Waals surface area (Å²) in [5.41, 5.74) is 4.63. The zero-order valence-electron chi connectivity index (χ0n) is 16.6. The van der Waals surface area contributed by atoms with E-state index < -0.39 is 11.9 Å². The number of fused-ring (bicyclic) bond motifs is 1. The van der Waals surface area contributed by atoms with Crippen LogP contribution >= 0.6 is 0 Å². The summed E-state index contributed by atoms with van der Waals surface area (Å²) in [5.74, 6) is 1.02. The average molecular weight is 403 g/mol. The van der Waals surface area contributed by atoms with E-state index in [9.17, 15) is 9.59 Å². The number of nitrogens with zero attached hydrogens (tertiary/aromatic N) is 3. The number of hydrogen-bond donors (Lipinski definition) is 4. The summed E-state index contributed by atoms with van der Waals surface area (Å²) < 4.78 is 1.72. The Hall–Kier alpha value is -3.88. The monoisotopic (exact) mass is 403 g/mol. The lowest BCUT2D eigenvalue weighted by atomic mass is 10.1. The van der Waals surface area contributed by atoms with E-state index in [1.807, 2.05) is 38.1 Å². The third kappa shape index (κ3) is 3.34. The third-order valence-corrected chi connectivity index (χ3v) is 5.18. The van der Waals surface area contributed by atoms with Gasteiger partial charge in [0.1, 0.15) is 17.3 Å². The summed E-state index contributed by atoms with van der Waals surface area (Å²) in [6.07, 6.45) is 5.45. The van der Waals surface area contributed by atoms with Crippen molar-refractivity contribution in [3.05, 3.63) is 52.8 Å². The predicted molar refractivity (Wildman–Crippen MR) is 113 cm³/mol. The molecule has 3 aromatic rings. The second-order valence-electron chi connectivity index (χ2n) is 7.64. The molecule has 1 aromatic carbocycles. The minimum Gasteiger partial charge on any atom is -0.367 e. The normalized spacial score (nSPS) is 17.3. The summed E-state index contributed by atoms with van der Waals surface area (Å²) in [6.45, 7) is 4.10. The summed E-state index contributed by atoms with van der Waals surface area (Å²) in [5, 5.41) is 16.1. The maximum absolute atomic E-state index is 11.9. The molecular weight excluding hydrogens is 382 g/mol. The first-order valence-electron chi connectivity index (χ1n) is 9.80. The van der Waals surface area contributed by atoms with Crippen molar-refractivity contribution in [3.8, 4) is 0 Å². The van der Waals surface area contributed by atoms with Crippen molar-refractivity contribution in [2.45, 2.75) is 32.7 Å². The number of amides is 3. The van der Waals surface area contributed by atoms with Crippen LogP contribution in [-0.4, -0.2) is 32.6 Å². The van der Waals surface area contributed by atoms with E-state index in [0.717, 1.165) is 35.5 Å². The minimum atomic E-state index is -0.538. The Morgan fingerprint density at radius 3 is 2.60 bits per heavy atom. The highest BCUT2D eigenvalue weighted by Gasteiger charge is 2.25. The molecule has 0 atom stereocenters. The first-order valence-corrected chi connectivity index (χ1v) is 9.80. The molecule has 0 spiro atoms. The lowest BCUT2D eigenvalue weighted by Gasteiger charge is -2.14. The number of carbonyl (C=O) groups excluding carboxylic acids is 2. The number of aromatic nitrogens is 3. The molecule has 3 amide bonds. The SMILES string of the molecule is Cc1cccc(C)c1Nc1cc(NC2CC2)n2ncc(/C=C3\NC(=O)NC3=O)c2n1. The van der Waals surface area contributed by atoms with Crippen LogP contribution in [0.1, 0.15) is 29.5 Å². The van der Waals surface area contributed by atoms with Gasteiger partial charge in [0.15, 0.2) is 5.65 Å². The van der Waals surface area contributed by atoms with E-state index in [1.165, 1.54) is 0 Å². The Kier molecular flexibility index (Phi) is 4.16. The van der Waals surface area contributed by atoms with Gasteiger partial charge in [0.05, 0.1) is 6.20 Å². The molecule has 152 valence electrons. The van der Waals surface area contributed by atoms with Crippen molar-refractivity contribution in [2.75, 3.05) is 10.6 Å². The zero-order valence-corrected chi connectivity index (χ0v) is 16.6. The largest absolute Gasteiger partial charge is 0.367 e. The lowest BCUT2D eigenvalue weighted by Crippen LogP contribution is -2.22. The zero-order chi connectivity index (χ0) is 20.8. The van der Waals surface area contributed by atoms with E-state index >= 15 is 0 Å². The van der Waals surface area contributed by atoms with Crippen molar-refractivity contribution in [1.82, 2.24) is 25.2 Å². The van der Waals surface area contributed by atoms with E-state index in [4.69, 9.17) is 4.98 Å². The first kappa shape index (κ1) is 18.2. The molecule has 0 bridgehead atoms. The van der Waals surface area contributed by atoms with Gasteiger partial charge < -0.3 is 16.0 Å². The molecule has 3 heterocycles. The lowest BCUT2D eigenvalue weighted by molar-refractivity contribution is -0.115. The highest BCUT2D eigenvalue weighted by atomic mass is 16.2. The molecule has 4 N–H and O–H groups in total. The highest BCUT2D eigenvalue weighted by molar-refractivity contribution is 6.14. The van der Waals surface area contributed by atoms with Gasteiger partial charge in [0.25, 0.3) is 5.91 Å². The second-order valence-corrected chi connectivity index (χ2v) is 7.64. The molecular formula is C21H21N7O2. The van der Waals surface area contributed by atoms with Crippen molar-refractivity contribution in [3.63, 3.8) is 0 Å².